The van der Waals surface area contributed by atoms with Crippen molar-refractivity contribution in [2.45, 2.75) is 18.7 Å². The van der Waals surface area contributed by atoms with Crippen molar-refractivity contribution in [2.75, 3.05) is 0 Å². The van der Waals surface area contributed by atoms with Gasteiger partial charge in [-0.05, 0) is 31.5 Å². The number of aldehydes is 1. The van der Waals surface area contributed by atoms with Gasteiger partial charge in [0.1, 0.15) is 12.1 Å². The van der Waals surface area contributed by atoms with E-state index in [1.54, 1.807) is 12.1 Å². The zero-order valence-electron chi connectivity index (χ0n) is 8.08. The number of carbonyl (C=O) groups is 2. The molecule has 0 saturated heterocycles. The van der Waals surface area contributed by atoms with E-state index < -0.39 is 0 Å². The number of aryl methyl sites for hydroxylation is 1. The lowest BCUT2D eigenvalue weighted by Gasteiger charge is -2.07. The zero-order valence-corrected chi connectivity index (χ0v) is 9.67. The van der Waals surface area contributed by atoms with E-state index >= 15 is 0 Å². The van der Waals surface area contributed by atoms with Crippen molar-refractivity contribution in [3.8, 4) is 0 Å². The molecule has 0 aliphatic heterocycles. The lowest BCUT2D eigenvalue weighted by atomic mass is 10.0. The number of alkyl halides is 1. The van der Waals surface area contributed by atoms with Crippen molar-refractivity contribution in [2.24, 2.45) is 0 Å². The first-order valence-electron chi connectivity index (χ1n) is 4.26. The maximum Gasteiger partial charge on any atom is 0.150 e. The quantitative estimate of drug-likeness (QED) is 0.614. The molecule has 0 aromatic heterocycles. The van der Waals surface area contributed by atoms with Crippen LogP contribution in [0.25, 0.3) is 0 Å². The summed E-state index contributed by atoms with van der Waals surface area (Å²) in [5.41, 5.74) is 2.42. The summed E-state index contributed by atoms with van der Waals surface area (Å²) in [5.74, 6) is 0.0347. The number of hydrogen-bond acceptors (Lipinski definition) is 2. The molecule has 0 radical (unpaired) electrons. The lowest BCUT2D eigenvalue weighted by molar-refractivity contribution is -0.116. The maximum atomic E-state index is 11.1. The Bertz CT molecular complexity index is 372. The van der Waals surface area contributed by atoms with E-state index in [1.165, 1.54) is 6.92 Å². The van der Waals surface area contributed by atoms with Crippen molar-refractivity contribution in [3.05, 3.63) is 34.9 Å². The van der Waals surface area contributed by atoms with Gasteiger partial charge in [0.25, 0.3) is 0 Å². The van der Waals surface area contributed by atoms with Crippen LogP contribution in [0.2, 0.25) is 0 Å². The van der Waals surface area contributed by atoms with Crippen molar-refractivity contribution in [1.82, 2.24) is 0 Å². The average molecular weight is 255 g/mol. The van der Waals surface area contributed by atoms with Crippen molar-refractivity contribution < 1.29 is 9.59 Å². The van der Waals surface area contributed by atoms with Crippen LogP contribution in [0.5, 0.6) is 0 Å². The molecule has 0 aliphatic rings. The summed E-state index contributed by atoms with van der Waals surface area (Å²) in [6.07, 6.45) is 0.788. The Morgan fingerprint density at radius 1 is 1.43 bits per heavy atom. The summed E-state index contributed by atoms with van der Waals surface area (Å²) < 4.78 is 0. The normalized spacial score (nSPS) is 12.2. The molecule has 0 amide bonds. The minimum Gasteiger partial charge on any atom is -0.298 e. The first-order valence-corrected chi connectivity index (χ1v) is 5.17. The van der Waals surface area contributed by atoms with Crippen LogP contribution < -0.4 is 0 Å². The Hall–Kier alpha value is -0.960. The molecule has 0 aliphatic carbocycles. The van der Waals surface area contributed by atoms with Gasteiger partial charge in [-0.3, -0.25) is 9.59 Å². The molecule has 0 heterocycles. The highest BCUT2D eigenvalue weighted by atomic mass is 79.9. The maximum absolute atomic E-state index is 11.1. The molecule has 1 unspecified atom stereocenters. The van der Waals surface area contributed by atoms with Crippen LogP contribution in [0.1, 0.15) is 33.2 Å². The molecule has 2 nitrogen and oxygen atoms in total. The highest BCUT2D eigenvalue weighted by Crippen LogP contribution is 2.25. The molecular weight excluding hydrogens is 244 g/mol. The second kappa shape index (κ2) is 4.51. The van der Waals surface area contributed by atoms with E-state index in [2.05, 4.69) is 15.9 Å². The molecule has 1 aromatic carbocycles. The molecule has 14 heavy (non-hydrogen) atoms. The van der Waals surface area contributed by atoms with Crippen molar-refractivity contribution in [1.29, 1.82) is 0 Å². The van der Waals surface area contributed by atoms with Crippen molar-refractivity contribution >= 4 is 28.0 Å². The Morgan fingerprint density at radius 3 is 2.57 bits per heavy atom. The SMILES string of the molecule is CC(=O)C(Br)c1cc(C)cc(C=O)c1. The molecule has 0 fully saturated rings. The molecule has 3 heteroatoms. The predicted octanol–water partition coefficient (Wildman–Crippen LogP) is 2.83. The summed E-state index contributed by atoms with van der Waals surface area (Å²) in [6.45, 7) is 3.42. The highest BCUT2D eigenvalue weighted by molar-refractivity contribution is 9.09. The van der Waals surface area contributed by atoms with Gasteiger partial charge in [0.15, 0.2) is 0 Å². The standard InChI is InChI=1S/C11H11BrO2/c1-7-3-9(6-13)5-10(4-7)11(12)8(2)14/h3-6,11H,1-2H3. The van der Waals surface area contributed by atoms with Gasteiger partial charge in [0.2, 0.25) is 0 Å². The fourth-order valence-corrected chi connectivity index (χ4v) is 1.56. The topological polar surface area (TPSA) is 34.1 Å². The summed E-state index contributed by atoms with van der Waals surface area (Å²) in [5, 5.41) is 0. The van der Waals surface area contributed by atoms with Crippen LogP contribution in [-0.4, -0.2) is 12.1 Å². The van der Waals surface area contributed by atoms with Crippen molar-refractivity contribution in [3.63, 3.8) is 0 Å². The van der Waals surface area contributed by atoms with Gasteiger partial charge >= 0.3 is 0 Å². The van der Waals surface area contributed by atoms with Gasteiger partial charge in [-0.25, -0.2) is 0 Å². The molecular formula is C11H11BrO2. The third-order valence-corrected chi connectivity index (χ3v) is 3.08. The average Bonchev–Trinajstić information content (AvgIpc) is 2.15. The molecule has 1 aromatic rings. The Kier molecular flexibility index (Phi) is 3.58. The minimum absolute atomic E-state index is 0.0347. The smallest absolute Gasteiger partial charge is 0.150 e. The number of carbonyl (C=O) groups excluding carboxylic acids is 2. The monoisotopic (exact) mass is 254 g/mol. The van der Waals surface area contributed by atoms with E-state index in [0.717, 1.165) is 17.4 Å². The summed E-state index contributed by atoms with van der Waals surface area (Å²) in [6, 6.07) is 5.41. The van der Waals surface area contributed by atoms with Crippen LogP contribution in [0.3, 0.4) is 0 Å². The van der Waals surface area contributed by atoms with E-state index in [1.807, 2.05) is 13.0 Å². The highest BCUT2D eigenvalue weighted by Gasteiger charge is 2.13. The molecule has 0 saturated carbocycles. The van der Waals surface area contributed by atoms with Crippen LogP contribution >= 0.6 is 15.9 Å². The zero-order chi connectivity index (χ0) is 10.7. The molecule has 0 N–H and O–H groups in total. The second-order valence-electron chi connectivity index (χ2n) is 3.27. The van der Waals surface area contributed by atoms with Crippen LogP contribution in [-0.2, 0) is 4.79 Å². The number of ketones is 1. The number of rotatable bonds is 3. The van der Waals surface area contributed by atoms with E-state index in [4.69, 9.17) is 0 Å². The van der Waals surface area contributed by atoms with Crippen LogP contribution in [0.15, 0.2) is 18.2 Å². The molecule has 0 bridgehead atoms. The largest absolute Gasteiger partial charge is 0.298 e. The number of halogens is 1. The molecule has 1 rings (SSSR count). The number of Topliss-reactive ketones (excluding diaryl/α,β-unsaturated/α-hetero) is 1. The van der Waals surface area contributed by atoms with E-state index in [9.17, 15) is 9.59 Å². The summed E-state index contributed by atoms with van der Waals surface area (Å²) >= 11 is 3.28. The molecule has 74 valence electrons. The van der Waals surface area contributed by atoms with Gasteiger partial charge in [0.05, 0.1) is 4.83 Å². The summed E-state index contributed by atoms with van der Waals surface area (Å²) in [4.78, 5) is 21.4. The lowest BCUT2D eigenvalue weighted by Crippen LogP contribution is -2.02. The van der Waals surface area contributed by atoms with Crippen LogP contribution in [0, 0.1) is 6.92 Å². The van der Waals surface area contributed by atoms with Gasteiger partial charge < -0.3 is 0 Å². The van der Waals surface area contributed by atoms with Gasteiger partial charge in [0, 0.05) is 5.56 Å². The van der Waals surface area contributed by atoms with Crippen LogP contribution in [0.4, 0.5) is 0 Å². The number of hydrogen-bond donors (Lipinski definition) is 0. The molecule has 1 atom stereocenters. The van der Waals surface area contributed by atoms with E-state index in [-0.39, 0.29) is 10.6 Å². The van der Waals surface area contributed by atoms with Gasteiger partial charge in [-0.1, -0.05) is 27.6 Å². The first kappa shape index (κ1) is 11.1. The fourth-order valence-electron chi connectivity index (χ4n) is 1.29. The van der Waals surface area contributed by atoms with E-state index in [0.29, 0.717) is 5.56 Å². The molecule has 0 spiro atoms. The Balaban J connectivity index is 3.14. The first-order chi connectivity index (χ1) is 6.54. The fraction of sp³-hybridized carbons (Fsp3) is 0.273. The van der Waals surface area contributed by atoms with Gasteiger partial charge in [-0.15, -0.1) is 0 Å². The second-order valence-corrected chi connectivity index (χ2v) is 4.18. The predicted molar refractivity (Wildman–Crippen MR) is 58.9 cm³/mol. The third-order valence-electron chi connectivity index (χ3n) is 1.91. The number of benzene rings is 1. The third kappa shape index (κ3) is 2.51. The Morgan fingerprint density at radius 2 is 2.07 bits per heavy atom. The Labute approximate surface area is 91.4 Å². The van der Waals surface area contributed by atoms with Gasteiger partial charge in [-0.2, -0.15) is 0 Å². The minimum atomic E-state index is -0.318. The summed E-state index contributed by atoms with van der Waals surface area (Å²) in [7, 11) is 0.